The molecule has 1 aliphatic rings. The standard InChI is InChI=1S/C19H17F4NO2/c20-15-5-2-1-4-14(15)17(24-11-3-6-16(24)18(25)26)12-7-9-13(10-8-12)19(21,22)23/h1-2,4-5,7-10,16-17H,3,6,11H2,(H,25,26). The average Bonchev–Trinajstić information content (AvgIpc) is 3.06. The Hall–Kier alpha value is -2.41. The van der Waals surface area contributed by atoms with Gasteiger partial charge in [-0.3, -0.25) is 9.69 Å². The molecule has 26 heavy (non-hydrogen) atoms. The Labute approximate surface area is 147 Å². The average molecular weight is 367 g/mol. The molecule has 2 aromatic carbocycles. The molecule has 2 atom stereocenters. The Bertz CT molecular complexity index is 789. The molecule has 0 aliphatic carbocycles. The summed E-state index contributed by atoms with van der Waals surface area (Å²) < 4.78 is 52.9. The van der Waals surface area contributed by atoms with Crippen LogP contribution in [0.25, 0.3) is 0 Å². The molecule has 0 amide bonds. The van der Waals surface area contributed by atoms with E-state index in [0.717, 1.165) is 12.1 Å². The molecule has 1 fully saturated rings. The maximum absolute atomic E-state index is 14.4. The van der Waals surface area contributed by atoms with Crippen LogP contribution >= 0.6 is 0 Å². The van der Waals surface area contributed by atoms with Crippen LogP contribution in [0.15, 0.2) is 48.5 Å². The minimum absolute atomic E-state index is 0.250. The van der Waals surface area contributed by atoms with Crippen LogP contribution in [-0.2, 0) is 11.0 Å². The van der Waals surface area contributed by atoms with E-state index < -0.39 is 35.6 Å². The second kappa shape index (κ2) is 7.07. The van der Waals surface area contributed by atoms with Gasteiger partial charge in [-0.05, 0) is 36.6 Å². The third kappa shape index (κ3) is 3.58. The van der Waals surface area contributed by atoms with Gasteiger partial charge < -0.3 is 5.11 Å². The summed E-state index contributed by atoms with van der Waals surface area (Å²) in [6, 6.07) is 8.83. The second-order valence-electron chi connectivity index (χ2n) is 6.28. The van der Waals surface area contributed by atoms with Gasteiger partial charge in [-0.2, -0.15) is 13.2 Å². The molecule has 3 rings (SSSR count). The number of rotatable bonds is 4. The van der Waals surface area contributed by atoms with Gasteiger partial charge in [0.2, 0.25) is 0 Å². The van der Waals surface area contributed by atoms with Crippen molar-refractivity contribution in [2.45, 2.75) is 31.1 Å². The van der Waals surface area contributed by atoms with Gasteiger partial charge in [-0.15, -0.1) is 0 Å². The van der Waals surface area contributed by atoms with Crippen molar-refractivity contribution < 1.29 is 27.5 Å². The number of carbonyl (C=O) groups is 1. The minimum atomic E-state index is -4.47. The van der Waals surface area contributed by atoms with Crippen molar-refractivity contribution >= 4 is 5.97 Å². The lowest BCUT2D eigenvalue weighted by Crippen LogP contribution is -2.39. The number of halogens is 4. The summed E-state index contributed by atoms with van der Waals surface area (Å²) in [6.45, 7) is 0.428. The number of carboxylic acid groups (broad SMARTS) is 1. The molecule has 3 nitrogen and oxygen atoms in total. The molecule has 0 saturated carbocycles. The van der Waals surface area contributed by atoms with Crippen molar-refractivity contribution in [2.24, 2.45) is 0 Å². The molecule has 0 spiro atoms. The van der Waals surface area contributed by atoms with Crippen molar-refractivity contribution in [3.05, 3.63) is 71.0 Å². The van der Waals surface area contributed by atoms with Gasteiger partial charge in [0, 0.05) is 12.1 Å². The Morgan fingerprint density at radius 3 is 2.35 bits per heavy atom. The summed E-state index contributed by atoms with van der Waals surface area (Å²) in [6.07, 6.45) is -3.42. The highest BCUT2D eigenvalue weighted by atomic mass is 19.4. The van der Waals surface area contributed by atoms with Gasteiger partial charge in [0.15, 0.2) is 0 Å². The monoisotopic (exact) mass is 367 g/mol. The number of alkyl halides is 3. The molecule has 7 heteroatoms. The first kappa shape index (κ1) is 18.4. The second-order valence-corrected chi connectivity index (χ2v) is 6.28. The number of benzene rings is 2. The van der Waals surface area contributed by atoms with Crippen LogP contribution in [0.5, 0.6) is 0 Å². The molecule has 0 radical (unpaired) electrons. The lowest BCUT2D eigenvalue weighted by Gasteiger charge is -2.32. The minimum Gasteiger partial charge on any atom is -0.480 e. The molecule has 0 bridgehead atoms. The fraction of sp³-hybridized carbons (Fsp3) is 0.316. The zero-order chi connectivity index (χ0) is 18.9. The Morgan fingerprint density at radius 2 is 1.77 bits per heavy atom. The molecular weight excluding hydrogens is 350 g/mol. The molecule has 1 saturated heterocycles. The van der Waals surface area contributed by atoms with Crippen LogP contribution in [0.2, 0.25) is 0 Å². The Morgan fingerprint density at radius 1 is 1.12 bits per heavy atom. The summed E-state index contributed by atoms with van der Waals surface area (Å²) in [4.78, 5) is 13.2. The van der Waals surface area contributed by atoms with Crippen LogP contribution in [0.4, 0.5) is 17.6 Å². The first-order valence-electron chi connectivity index (χ1n) is 8.19. The summed E-state index contributed by atoms with van der Waals surface area (Å²) in [5, 5.41) is 9.46. The summed E-state index contributed by atoms with van der Waals surface area (Å²) in [5.74, 6) is -1.54. The maximum atomic E-state index is 14.4. The van der Waals surface area contributed by atoms with Crippen LogP contribution in [0, 0.1) is 5.82 Å². The summed E-state index contributed by atoms with van der Waals surface area (Å²) >= 11 is 0. The molecule has 2 unspecified atom stereocenters. The smallest absolute Gasteiger partial charge is 0.416 e. The highest BCUT2D eigenvalue weighted by molar-refractivity contribution is 5.74. The van der Waals surface area contributed by atoms with Crippen molar-refractivity contribution in [3.8, 4) is 0 Å². The summed E-state index contributed by atoms with van der Waals surface area (Å²) in [5.41, 5.74) is -0.124. The number of hydrogen-bond donors (Lipinski definition) is 1. The number of aliphatic carboxylic acids is 1. The number of hydrogen-bond acceptors (Lipinski definition) is 2. The highest BCUT2D eigenvalue weighted by Crippen LogP contribution is 2.37. The highest BCUT2D eigenvalue weighted by Gasteiger charge is 2.38. The lowest BCUT2D eigenvalue weighted by atomic mass is 9.95. The zero-order valence-corrected chi connectivity index (χ0v) is 13.7. The van der Waals surface area contributed by atoms with Gasteiger partial charge in [-0.25, -0.2) is 4.39 Å². The van der Waals surface area contributed by atoms with E-state index >= 15 is 0 Å². The molecular formula is C19H17F4NO2. The van der Waals surface area contributed by atoms with Crippen LogP contribution < -0.4 is 0 Å². The van der Waals surface area contributed by atoms with Crippen molar-refractivity contribution in [2.75, 3.05) is 6.54 Å². The maximum Gasteiger partial charge on any atom is 0.416 e. The van der Waals surface area contributed by atoms with Crippen molar-refractivity contribution in [3.63, 3.8) is 0 Å². The SMILES string of the molecule is O=C(O)C1CCCN1C(c1ccc(C(F)(F)F)cc1)c1ccccc1F. The van der Waals surface area contributed by atoms with E-state index in [0.29, 0.717) is 24.9 Å². The van der Waals surface area contributed by atoms with Crippen LogP contribution in [0.3, 0.4) is 0 Å². The topological polar surface area (TPSA) is 40.5 Å². The van der Waals surface area contributed by atoms with E-state index in [9.17, 15) is 27.5 Å². The third-order valence-electron chi connectivity index (χ3n) is 4.66. The predicted molar refractivity (Wildman–Crippen MR) is 87.1 cm³/mol. The van der Waals surface area contributed by atoms with E-state index in [1.165, 1.54) is 30.3 Å². The van der Waals surface area contributed by atoms with Crippen molar-refractivity contribution in [1.29, 1.82) is 0 Å². The van der Waals surface area contributed by atoms with Crippen LogP contribution in [-0.4, -0.2) is 28.6 Å². The van der Waals surface area contributed by atoms with Gasteiger partial charge in [-0.1, -0.05) is 30.3 Å². The van der Waals surface area contributed by atoms with Gasteiger partial charge in [0.1, 0.15) is 11.9 Å². The first-order valence-corrected chi connectivity index (χ1v) is 8.19. The molecule has 1 aliphatic heterocycles. The fourth-order valence-electron chi connectivity index (χ4n) is 3.46. The number of carboxylic acids is 1. The predicted octanol–water partition coefficient (Wildman–Crippen LogP) is 4.48. The number of likely N-dealkylation sites (tertiary alicyclic amines) is 1. The van der Waals surface area contributed by atoms with Gasteiger partial charge >= 0.3 is 12.1 Å². The zero-order valence-electron chi connectivity index (χ0n) is 13.7. The lowest BCUT2D eigenvalue weighted by molar-refractivity contribution is -0.142. The van der Waals surface area contributed by atoms with E-state index in [4.69, 9.17) is 0 Å². The summed E-state index contributed by atoms with van der Waals surface area (Å²) in [7, 11) is 0. The molecule has 0 aromatic heterocycles. The quantitative estimate of drug-likeness (QED) is 0.810. The van der Waals surface area contributed by atoms with Gasteiger partial charge in [0.25, 0.3) is 0 Å². The number of nitrogens with zero attached hydrogens (tertiary/aromatic N) is 1. The van der Waals surface area contributed by atoms with Crippen LogP contribution in [0.1, 0.15) is 35.6 Å². The van der Waals surface area contributed by atoms with Crippen molar-refractivity contribution in [1.82, 2.24) is 4.90 Å². The molecule has 1 heterocycles. The largest absolute Gasteiger partial charge is 0.480 e. The van der Waals surface area contributed by atoms with E-state index in [2.05, 4.69) is 0 Å². The molecule has 2 aromatic rings. The Balaban J connectivity index is 2.07. The molecule has 1 N–H and O–H groups in total. The van der Waals surface area contributed by atoms with E-state index in [1.807, 2.05) is 0 Å². The van der Waals surface area contributed by atoms with Gasteiger partial charge in [0.05, 0.1) is 11.6 Å². The Kier molecular flexibility index (Phi) is 5.00. The first-order chi connectivity index (χ1) is 12.3. The third-order valence-corrected chi connectivity index (χ3v) is 4.66. The normalized spacial score (nSPS) is 19.5. The van der Waals surface area contributed by atoms with E-state index in [-0.39, 0.29) is 5.56 Å². The van der Waals surface area contributed by atoms with E-state index in [1.54, 1.807) is 11.0 Å². The molecule has 138 valence electrons. The fourth-order valence-corrected chi connectivity index (χ4v) is 3.46.